The smallest absolute Gasteiger partial charge is 0.264 e. The molecule has 18 heavy (non-hydrogen) atoms. The molecule has 0 aromatic heterocycles. The summed E-state index contributed by atoms with van der Waals surface area (Å²) in [5.41, 5.74) is 6.83. The van der Waals surface area contributed by atoms with Gasteiger partial charge in [0.15, 0.2) is 0 Å². The summed E-state index contributed by atoms with van der Waals surface area (Å²) in [5, 5.41) is 0. The highest BCUT2D eigenvalue weighted by atomic mass is 32.2. The van der Waals surface area contributed by atoms with Crippen molar-refractivity contribution in [2.24, 2.45) is 5.73 Å². The molecule has 104 valence electrons. The Balaban J connectivity index is 2.57. The van der Waals surface area contributed by atoms with E-state index in [4.69, 9.17) is 10.3 Å². The van der Waals surface area contributed by atoms with Crippen molar-refractivity contribution >= 4 is 10.1 Å². The molecule has 1 atom stereocenters. The van der Waals surface area contributed by atoms with Crippen LogP contribution in [-0.2, 0) is 10.1 Å². The summed E-state index contributed by atoms with van der Waals surface area (Å²) in [6.45, 7) is 5.37. The van der Waals surface area contributed by atoms with E-state index < -0.39 is 10.1 Å². The van der Waals surface area contributed by atoms with E-state index in [2.05, 4.69) is 4.90 Å². The predicted octanol–water partition coefficient (Wildman–Crippen LogP) is 1.15. The predicted molar refractivity (Wildman–Crippen MR) is 72.7 cm³/mol. The quantitative estimate of drug-likeness (QED) is 0.710. The fraction of sp³-hybridized carbons (Fsp3) is 0.667. The van der Waals surface area contributed by atoms with E-state index in [1.807, 2.05) is 32.1 Å². The molecule has 0 radical (unpaired) electrons. The van der Waals surface area contributed by atoms with Gasteiger partial charge in [-0.3, -0.25) is 4.55 Å². The molecule has 3 N–H and O–H groups in total. The summed E-state index contributed by atoms with van der Waals surface area (Å²) in [7, 11) is -3.87. The van der Waals surface area contributed by atoms with Gasteiger partial charge in [-0.05, 0) is 26.3 Å². The van der Waals surface area contributed by atoms with Crippen LogP contribution in [0.1, 0.15) is 26.7 Å². The molecule has 0 saturated heterocycles. The van der Waals surface area contributed by atoms with Gasteiger partial charge in [-0.15, -0.1) is 0 Å². The molecular formula is C12H22N2O3S. The molecule has 0 aromatic rings. The maximum absolute atomic E-state index is 10.7. The Morgan fingerprint density at radius 1 is 1.56 bits per heavy atom. The average molecular weight is 274 g/mol. The van der Waals surface area contributed by atoms with Crippen LogP contribution in [0.15, 0.2) is 23.9 Å². The van der Waals surface area contributed by atoms with E-state index in [1.165, 1.54) is 0 Å². The molecule has 0 aromatic carbocycles. The van der Waals surface area contributed by atoms with Gasteiger partial charge in [0.25, 0.3) is 10.1 Å². The second-order valence-corrected chi connectivity index (χ2v) is 6.49. The van der Waals surface area contributed by atoms with Crippen LogP contribution in [0.5, 0.6) is 0 Å². The van der Waals surface area contributed by atoms with Crippen LogP contribution >= 0.6 is 0 Å². The Bertz CT molecular complexity index is 438. The van der Waals surface area contributed by atoms with Crippen LogP contribution in [0.2, 0.25) is 0 Å². The van der Waals surface area contributed by atoms with Gasteiger partial charge in [0, 0.05) is 30.7 Å². The minimum Gasteiger partial charge on any atom is -0.375 e. The Hall–Kier alpha value is -0.850. The summed E-state index contributed by atoms with van der Waals surface area (Å²) >= 11 is 0. The van der Waals surface area contributed by atoms with E-state index in [9.17, 15) is 8.42 Å². The highest BCUT2D eigenvalue weighted by Gasteiger charge is 2.22. The Labute approximate surface area is 109 Å². The highest BCUT2D eigenvalue weighted by molar-refractivity contribution is 7.85. The number of hydrogen-bond acceptors (Lipinski definition) is 4. The summed E-state index contributed by atoms with van der Waals surface area (Å²) in [6.07, 6.45) is 7.05. The lowest BCUT2D eigenvalue weighted by molar-refractivity contribution is 0.329. The first-order valence-corrected chi connectivity index (χ1v) is 7.72. The molecule has 1 unspecified atom stereocenters. The number of hydrogen-bond donors (Lipinski definition) is 2. The molecule has 0 heterocycles. The summed E-state index contributed by atoms with van der Waals surface area (Å²) in [6, 6.07) is 0. The molecule has 0 spiro atoms. The third kappa shape index (κ3) is 5.20. The molecule has 0 amide bonds. The standard InChI is InChI=1S/C12H22N2O3S/c1-3-14(8-5-9-18(15,16)17)11-6-4-7-12(2,13)10-11/h4,6-7H,3,5,8-10,13H2,1-2H3,(H,15,16,17). The molecule has 1 aliphatic rings. The number of nitrogens with two attached hydrogens (primary N) is 1. The molecule has 0 fully saturated rings. The topological polar surface area (TPSA) is 83.6 Å². The van der Waals surface area contributed by atoms with Gasteiger partial charge < -0.3 is 10.6 Å². The first kappa shape index (κ1) is 15.2. The van der Waals surface area contributed by atoms with Gasteiger partial charge in [-0.25, -0.2) is 0 Å². The molecule has 0 bridgehead atoms. The summed E-state index contributed by atoms with van der Waals surface area (Å²) in [4.78, 5) is 2.10. The maximum atomic E-state index is 10.7. The zero-order valence-corrected chi connectivity index (χ0v) is 11.8. The second kappa shape index (κ2) is 5.86. The van der Waals surface area contributed by atoms with Crippen molar-refractivity contribution in [3.63, 3.8) is 0 Å². The molecule has 1 rings (SSSR count). The van der Waals surface area contributed by atoms with Crippen LogP contribution in [-0.4, -0.2) is 42.3 Å². The zero-order valence-electron chi connectivity index (χ0n) is 11.0. The largest absolute Gasteiger partial charge is 0.375 e. The molecule has 6 heteroatoms. The number of allylic oxidation sites excluding steroid dienone is 2. The van der Waals surface area contributed by atoms with Crippen LogP contribution in [0.4, 0.5) is 0 Å². The lowest BCUT2D eigenvalue weighted by atomic mass is 9.92. The normalized spacial score (nSPS) is 23.9. The van der Waals surface area contributed by atoms with Crippen molar-refractivity contribution in [3.05, 3.63) is 23.9 Å². The molecule has 1 aliphatic carbocycles. The number of rotatable bonds is 6. The van der Waals surface area contributed by atoms with Crippen molar-refractivity contribution in [1.82, 2.24) is 4.90 Å². The number of nitrogens with zero attached hydrogens (tertiary/aromatic N) is 1. The van der Waals surface area contributed by atoms with Crippen LogP contribution in [0.3, 0.4) is 0 Å². The SMILES string of the molecule is CCN(CCCS(=O)(=O)O)C1=CC=CC(C)(N)C1. The highest BCUT2D eigenvalue weighted by Crippen LogP contribution is 2.23. The third-order valence-corrected chi connectivity index (χ3v) is 3.75. The lowest BCUT2D eigenvalue weighted by Crippen LogP contribution is -2.39. The molecule has 0 saturated carbocycles. The first-order valence-electron chi connectivity index (χ1n) is 6.11. The van der Waals surface area contributed by atoms with Crippen molar-refractivity contribution in [1.29, 1.82) is 0 Å². The average Bonchev–Trinajstić information content (AvgIpc) is 2.21. The van der Waals surface area contributed by atoms with E-state index in [0.29, 0.717) is 13.0 Å². The minimum absolute atomic E-state index is 0.202. The third-order valence-electron chi connectivity index (χ3n) is 2.95. The monoisotopic (exact) mass is 274 g/mol. The minimum atomic E-state index is -3.87. The van der Waals surface area contributed by atoms with Crippen LogP contribution in [0.25, 0.3) is 0 Å². The first-order chi connectivity index (χ1) is 8.23. The zero-order chi connectivity index (χ0) is 13.8. The lowest BCUT2D eigenvalue weighted by Gasteiger charge is -2.33. The Morgan fingerprint density at radius 2 is 2.22 bits per heavy atom. The Morgan fingerprint density at radius 3 is 2.72 bits per heavy atom. The molecular weight excluding hydrogens is 252 g/mol. The van der Waals surface area contributed by atoms with Gasteiger partial charge >= 0.3 is 0 Å². The maximum Gasteiger partial charge on any atom is 0.264 e. The summed E-state index contributed by atoms with van der Waals surface area (Å²) in [5.74, 6) is -0.202. The van der Waals surface area contributed by atoms with Crippen molar-refractivity contribution < 1.29 is 13.0 Å². The van der Waals surface area contributed by atoms with Gasteiger partial charge in [0.05, 0.1) is 5.75 Å². The molecule has 5 nitrogen and oxygen atoms in total. The van der Waals surface area contributed by atoms with Crippen LogP contribution < -0.4 is 5.73 Å². The van der Waals surface area contributed by atoms with E-state index in [1.54, 1.807) is 0 Å². The fourth-order valence-corrected chi connectivity index (χ4v) is 2.54. The van der Waals surface area contributed by atoms with Crippen molar-refractivity contribution in [2.45, 2.75) is 32.2 Å². The van der Waals surface area contributed by atoms with E-state index >= 15 is 0 Å². The molecule has 0 aliphatic heterocycles. The van der Waals surface area contributed by atoms with E-state index in [0.717, 1.165) is 18.7 Å². The summed E-state index contributed by atoms with van der Waals surface area (Å²) < 4.78 is 30.0. The fourth-order valence-electron chi connectivity index (χ4n) is 2.05. The Kier molecular flexibility index (Phi) is 4.95. The van der Waals surface area contributed by atoms with Gasteiger partial charge in [-0.2, -0.15) is 8.42 Å². The second-order valence-electron chi connectivity index (χ2n) is 4.92. The van der Waals surface area contributed by atoms with Gasteiger partial charge in [0.1, 0.15) is 0 Å². The van der Waals surface area contributed by atoms with E-state index in [-0.39, 0.29) is 11.3 Å². The van der Waals surface area contributed by atoms with Gasteiger partial charge in [0.2, 0.25) is 0 Å². The van der Waals surface area contributed by atoms with Crippen molar-refractivity contribution in [3.8, 4) is 0 Å². The van der Waals surface area contributed by atoms with Crippen LogP contribution in [0, 0.1) is 0 Å². The van der Waals surface area contributed by atoms with Gasteiger partial charge in [-0.1, -0.05) is 12.2 Å². The van der Waals surface area contributed by atoms with Crippen molar-refractivity contribution in [2.75, 3.05) is 18.8 Å².